The van der Waals surface area contributed by atoms with E-state index in [0.29, 0.717) is 0 Å². The molecule has 3 nitrogen and oxygen atoms in total. The van der Waals surface area contributed by atoms with E-state index in [2.05, 4.69) is 79.7 Å². The minimum Gasteiger partial charge on any atom is -0.369 e. The maximum absolute atomic E-state index is 4.48. The number of hydrogen-bond donors (Lipinski definition) is 2. The third-order valence-corrected chi connectivity index (χ3v) is 6.00. The normalized spacial score (nSPS) is 11.0. The summed E-state index contributed by atoms with van der Waals surface area (Å²) in [5.74, 6) is 1.00. The van der Waals surface area contributed by atoms with Crippen molar-refractivity contribution in [3.8, 4) is 0 Å². The zero-order valence-corrected chi connectivity index (χ0v) is 16.0. The van der Waals surface area contributed by atoms with Gasteiger partial charge in [-0.2, -0.15) is 4.37 Å². The van der Waals surface area contributed by atoms with Crippen molar-refractivity contribution < 1.29 is 0 Å². The van der Waals surface area contributed by atoms with Gasteiger partial charge in [-0.05, 0) is 72.7 Å². The van der Waals surface area contributed by atoms with Gasteiger partial charge in [0.1, 0.15) is 5.82 Å². The molecule has 0 radical (unpaired) electrons. The third-order valence-electron chi connectivity index (χ3n) is 3.44. The molecule has 6 heteroatoms. The van der Waals surface area contributed by atoms with Crippen LogP contribution in [0, 0.1) is 6.92 Å². The molecule has 1 aromatic heterocycles. The van der Waals surface area contributed by atoms with E-state index >= 15 is 0 Å². The standard InChI is InChI=1S/C17H18BrN3S2/c1-12-11-13(7-8-15(12)18)22-20-10-4-9-19-17-14-5-2-3-6-16(14)23-21-17/h2-3,5-8,11,20H,4,9-10H2,1H3,(H,19,21). The largest absolute Gasteiger partial charge is 0.369 e. The molecule has 0 bridgehead atoms. The molecule has 3 aromatic rings. The monoisotopic (exact) mass is 407 g/mol. The number of rotatable bonds is 7. The van der Waals surface area contributed by atoms with Gasteiger partial charge in [-0.1, -0.05) is 28.1 Å². The summed E-state index contributed by atoms with van der Waals surface area (Å²) in [6.07, 6.45) is 1.05. The van der Waals surface area contributed by atoms with Crippen LogP contribution in [0.1, 0.15) is 12.0 Å². The van der Waals surface area contributed by atoms with Crippen LogP contribution in [0.5, 0.6) is 0 Å². The van der Waals surface area contributed by atoms with Gasteiger partial charge in [0, 0.05) is 27.8 Å². The minimum atomic E-state index is 0.917. The molecule has 0 aliphatic carbocycles. The van der Waals surface area contributed by atoms with Crippen molar-refractivity contribution in [1.29, 1.82) is 0 Å². The number of aryl methyl sites for hydroxylation is 1. The lowest BCUT2D eigenvalue weighted by Gasteiger charge is -2.07. The van der Waals surface area contributed by atoms with E-state index in [1.165, 1.54) is 20.5 Å². The number of anilines is 1. The molecule has 0 unspecified atom stereocenters. The predicted octanol–water partition coefficient (Wildman–Crippen LogP) is 5.47. The number of fused-ring (bicyclic) bond motifs is 1. The Morgan fingerprint density at radius 2 is 2.04 bits per heavy atom. The number of benzene rings is 2. The van der Waals surface area contributed by atoms with Gasteiger partial charge >= 0.3 is 0 Å². The Bertz CT molecular complexity index is 788. The van der Waals surface area contributed by atoms with Crippen molar-refractivity contribution in [1.82, 2.24) is 9.10 Å². The molecule has 0 saturated heterocycles. The van der Waals surface area contributed by atoms with Crippen LogP contribution in [0.25, 0.3) is 10.1 Å². The second-order valence-electron chi connectivity index (χ2n) is 5.22. The molecule has 0 spiro atoms. The lowest BCUT2D eigenvalue weighted by molar-refractivity contribution is 0.832. The summed E-state index contributed by atoms with van der Waals surface area (Å²) in [5, 5.41) is 4.64. The Morgan fingerprint density at radius 3 is 2.91 bits per heavy atom. The molecular formula is C17H18BrN3S2. The zero-order valence-electron chi connectivity index (χ0n) is 12.8. The predicted molar refractivity (Wildman–Crippen MR) is 105 cm³/mol. The van der Waals surface area contributed by atoms with E-state index < -0.39 is 0 Å². The first-order valence-corrected chi connectivity index (χ1v) is 9.86. The summed E-state index contributed by atoms with van der Waals surface area (Å²) in [6, 6.07) is 14.7. The molecule has 23 heavy (non-hydrogen) atoms. The van der Waals surface area contributed by atoms with E-state index in [-0.39, 0.29) is 0 Å². The number of nitrogens with one attached hydrogen (secondary N) is 2. The van der Waals surface area contributed by atoms with Crippen LogP contribution >= 0.6 is 39.4 Å². The summed E-state index contributed by atoms with van der Waals surface area (Å²) in [6.45, 7) is 3.98. The van der Waals surface area contributed by atoms with Gasteiger partial charge in [0.2, 0.25) is 0 Å². The Morgan fingerprint density at radius 1 is 1.17 bits per heavy atom. The Balaban J connectivity index is 1.39. The SMILES string of the molecule is Cc1cc(SNCCCNc2nsc3ccccc23)ccc1Br. The molecule has 3 rings (SSSR count). The van der Waals surface area contributed by atoms with Crippen LogP contribution in [0.4, 0.5) is 5.82 Å². The van der Waals surface area contributed by atoms with Gasteiger partial charge in [0.15, 0.2) is 0 Å². The number of nitrogens with zero attached hydrogens (tertiary/aromatic N) is 1. The third kappa shape index (κ3) is 4.47. The summed E-state index contributed by atoms with van der Waals surface area (Å²) in [7, 11) is 0. The molecule has 0 aliphatic heterocycles. The Labute approximate surface area is 153 Å². The topological polar surface area (TPSA) is 37.0 Å². The fourth-order valence-electron chi connectivity index (χ4n) is 2.20. The zero-order chi connectivity index (χ0) is 16.1. The molecule has 0 saturated carbocycles. The molecule has 0 amide bonds. The van der Waals surface area contributed by atoms with Crippen molar-refractivity contribution in [2.24, 2.45) is 0 Å². The highest BCUT2D eigenvalue weighted by molar-refractivity contribution is 9.10. The molecule has 120 valence electrons. The van der Waals surface area contributed by atoms with E-state index in [1.807, 2.05) is 0 Å². The second kappa shape index (κ2) is 8.15. The van der Waals surface area contributed by atoms with Crippen LogP contribution in [-0.4, -0.2) is 17.5 Å². The van der Waals surface area contributed by atoms with Crippen LogP contribution in [0.2, 0.25) is 0 Å². The smallest absolute Gasteiger partial charge is 0.147 e. The van der Waals surface area contributed by atoms with Crippen molar-refractivity contribution in [2.45, 2.75) is 18.2 Å². The molecule has 2 aromatic carbocycles. The highest BCUT2D eigenvalue weighted by Crippen LogP contribution is 2.26. The molecule has 1 heterocycles. The lowest BCUT2D eigenvalue weighted by atomic mass is 10.2. The van der Waals surface area contributed by atoms with Gasteiger partial charge in [-0.25, -0.2) is 0 Å². The molecular weight excluding hydrogens is 390 g/mol. The Hall–Kier alpha value is -1.08. The number of halogens is 1. The van der Waals surface area contributed by atoms with E-state index in [1.54, 1.807) is 23.5 Å². The van der Waals surface area contributed by atoms with Gasteiger partial charge in [-0.3, -0.25) is 4.72 Å². The van der Waals surface area contributed by atoms with Crippen molar-refractivity contribution in [3.05, 3.63) is 52.5 Å². The number of aromatic nitrogens is 1. The van der Waals surface area contributed by atoms with Crippen molar-refractivity contribution in [2.75, 3.05) is 18.4 Å². The van der Waals surface area contributed by atoms with E-state index in [4.69, 9.17) is 0 Å². The van der Waals surface area contributed by atoms with E-state index in [0.717, 1.165) is 29.8 Å². The maximum Gasteiger partial charge on any atom is 0.147 e. The van der Waals surface area contributed by atoms with Crippen LogP contribution in [-0.2, 0) is 0 Å². The molecule has 0 fully saturated rings. The molecule has 0 aliphatic rings. The summed E-state index contributed by atoms with van der Waals surface area (Å²) in [5.41, 5.74) is 1.26. The first-order valence-electron chi connectivity index (χ1n) is 7.48. The average Bonchev–Trinajstić information content (AvgIpc) is 2.97. The first-order chi connectivity index (χ1) is 11.2. The van der Waals surface area contributed by atoms with Gasteiger partial charge in [0.25, 0.3) is 0 Å². The highest BCUT2D eigenvalue weighted by atomic mass is 79.9. The second-order valence-corrected chi connectivity index (χ2v) is 7.84. The first kappa shape index (κ1) is 16.8. The maximum atomic E-state index is 4.48. The lowest BCUT2D eigenvalue weighted by Crippen LogP contribution is -2.11. The van der Waals surface area contributed by atoms with Gasteiger partial charge in [-0.15, -0.1) is 0 Å². The summed E-state index contributed by atoms with van der Waals surface area (Å²) >= 11 is 6.75. The van der Waals surface area contributed by atoms with Crippen LogP contribution in [0.15, 0.2) is 51.8 Å². The number of hydrogen-bond acceptors (Lipinski definition) is 5. The minimum absolute atomic E-state index is 0.917. The fourth-order valence-corrected chi connectivity index (χ4v) is 3.98. The van der Waals surface area contributed by atoms with Gasteiger partial charge < -0.3 is 5.32 Å². The fraction of sp³-hybridized carbons (Fsp3) is 0.235. The molecule has 0 atom stereocenters. The Kier molecular flexibility index (Phi) is 5.94. The van der Waals surface area contributed by atoms with Crippen molar-refractivity contribution in [3.63, 3.8) is 0 Å². The van der Waals surface area contributed by atoms with Gasteiger partial charge in [0.05, 0.1) is 4.70 Å². The summed E-state index contributed by atoms with van der Waals surface area (Å²) in [4.78, 5) is 1.24. The van der Waals surface area contributed by atoms with Crippen molar-refractivity contribution >= 4 is 55.3 Å². The van der Waals surface area contributed by atoms with E-state index in [9.17, 15) is 0 Å². The molecule has 2 N–H and O–H groups in total. The van der Waals surface area contributed by atoms with Crippen LogP contribution in [0.3, 0.4) is 0 Å². The summed E-state index contributed by atoms with van der Waals surface area (Å²) < 4.78 is 10.3. The highest BCUT2D eigenvalue weighted by Gasteiger charge is 2.04. The quantitative estimate of drug-likeness (QED) is 0.402. The average molecular weight is 408 g/mol. The van der Waals surface area contributed by atoms with Crippen LogP contribution < -0.4 is 10.0 Å².